The molecule has 1 N–H and O–H groups in total. The molecule has 0 spiro atoms. The van der Waals surface area contributed by atoms with Gasteiger partial charge < -0.3 is 9.84 Å². The molecule has 140 valence electrons. The molecule has 0 aliphatic heterocycles. The molecule has 0 saturated heterocycles. The molecule has 0 unspecified atom stereocenters. The van der Waals surface area contributed by atoms with E-state index in [9.17, 15) is 14.3 Å². The summed E-state index contributed by atoms with van der Waals surface area (Å²) in [5.41, 5.74) is 3.35. The van der Waals surface area contributed by atoms with Crippen LogP contribution in [0.1, 0.15) is 62.9 Å². The molecular formula is C22H27FO3. The van der Waals surface area contributed by atoms with Gasteiger partial charge in [0.15, 0.2) is 0 Å². The van der Waals surface area contributed by atoms with Gasteiger partial charge in [-0.15, -0.1) is 0 Å². The van der Waals surface area contributed by atoms with Crippen LogP contribution in [0.5, 0.6) is 5.75 Å². The van der Waals surface area contributed by atoms with E-state index in [2.05, 4.69) is 25.5 Å². The average Bonchev–Trinajstić information content (AvgIpc) is 2.59. The summed E-state index contributed by atoms with van der Waals surface area (Å²) < 4.78 is 19.4. The number of methoxy groups -OCH3 is 1. The summed E-state index contributed by atoms with van der Waals surface area (Å²) in [6.07, 6.45) is 7.12. The van der Waals surface area contributed by atoms with E-state index < -0.39 is 11.8 Å². The number of phenolic OH excluding ortho intramolecular Hbond substituents is 1. The zero-order chi connectivity index (χ0) is 19.5. The number of benzene rings is 1. The molecule has 26 heavy (non-hydrogen) atoms. The first-order valence-corrected chi connectivity index (χ1v) is 8.83. The van der Waals surface area contributed by atoms with Crippen LogP contribution in [0.25, 0.3) is 5.83 Å². The Balaban J connectivity index is 2.34. The normalized spacial score (nSPS) is 18.1. The van der Waals surface area contributed by atoms with E-state index in [-0.39, 0.29) is 22.3 Å². The standard InChI is InChI=1S/C22H27FO3/c1-14-7-6-12-22(3,4)18(14)11-8-15(2)20(23)17-10-9-16(13-19(17)24)21(25)26-5/h8-11,13,24H,6-7,12H2,1-5H3/b11-8+,20-15-. The Kier molecular flexibility index (Phi) is 6.06. The van der Waals surface area contributed by atoms with E-state index in [0.29, 0.717) is 5.57 Å². The number of phenols is 1. The molecule has 2 rings (SSSR count). The van der Waals surface area contributed by atoms with Gasteiger partial charge in [-0.25, -0.2) is 9.18 Å². The fourth-order valence-corrected chi connectivity index (χ4v) is 3.47. The van der Waals surface area contributed by atoms with Gasteiger partial charge in [0.05, 0.1) is 18.2 Å². The topological polar surface area (TPSA) is 46.5 Å². The third-order valence-corrected chi connectivity index (χ3v) is 5.04. The molecule has 0 saturated carbocycles. The van der Waals surface area contributed by atoms with Gasteiger partial charge in [-0.2, -0.15) is 0 Å². The number of allylic oxidation sites excluding steroid dienone is 5. The van der Waals surface area contributed by atoms with Gasteiger partial charge in [-0.1, -0.05) is 31.6 Å². The lowest BCUT2D eigenvalue weighted by atomic mass is 9.72. The van der Waals surface area contributed by atoms with Crippen molar-refractivity contribution in [3.8, 4) is 5.75 Å². The second-order valence-electron chi connectivity index (χ2n) is 7.49. The van der Waals surface area contributed by atoms with Crippen LogP contribution in [-0.2, 0) is 4.74 Å². The Morgan fingerprint density at radius 2 is 2.04 bits per heavy atom. The SMILES string of the molecule is COC(=O)c1ccc(/C(F)=C(C)/C=C/C2=C(C)CCCC2(C)C)c(O)c1. The maximum absolute atomic E-state index is 14.8. The Morgan fingerprint density at radius 1 is 1.35 bits per heavy atom. The Hall–Kier alpha value is -2.36. The summed E-state index contributed by atoms with van der Waals surface area (Å²) in [5, 5.41) is 10.1. The quantitative estimate of drug-likeness (QED) is 0.533. The maximum atomic E-state index is 14.8. The average molecular weight is 358 g/mol. The molecule has 1 aliphatic rings. The largest absolute Gasteiger partial charge is 0.507 e. The lowest BCUT2D eigenvalue weighted by Crippen LogP contribution is -2.19. The second kappa shape index (κ2) is 7.90. The third-order valence-electron chi connectivity index (χ3n) is 5.04. The molecule has 1 aliphatic carbocycles. The van der Waals surface area contributed by atoms with Crippen LogP contribution in [0.15, 0.2) is 47.1 Å². The number of carbonyl (C=O) groups is 1. The van der Waals surface area contributed by atoms with Crippen molar-refractivity contribution in [2.75, 3.05) is 7.11 Å². The van der Waals surface area contributed by atoms with Crippen molar-refractivity contribution in [1.29, 1.82) is 0 Å². The van der Waals surface area contributed by atoms with Crippen LogP contribution >= 0.6 is 0 Å². The molecule has 1 aromatic carbocycles. The van der Waals surface area contributed by atoms with Crippen LogP contribution in [0, 0.1) is 5.41 Å². The number of esters is 1. The Labute approximate surface area is 154 Å². The van der Waals surface area contributed by atoms with E-state index in [1.807, 2.05) is 6.08 Å². The van der Waals surface area contributed by atoms with Gasteiger partial charge in [0.25, 0.3) is 0 Å². The predicted octanol–water partition coefficient (Wildman–Crippen LogP) is 5.96. The minimum absolute atomic E-state index is 0.0633. The van der Waals surface area contributed by atoms with Crippen molar-refractivity contribution in [3.63, 3.8) is 0 Å². The fourth-order valence-electron chi connectivity index (χ4n) is 3.47. The van der Waals surface area contributed by atoms with E-state index in [1.165, 1.54) is 42.9 Å². The van der Waals surface area contributed by atoms with E-state index in [0.717, 1.165) is 12.8 Å². The van der Waals surface area contributed by atoms with Crippen molar-refractivity contribution >= 4 is 11.8 Å². The van der Waals surface area contributed by atoms with E-state index in [1.54, 1.807) is 13.0 Å². The number of aromatic hydroxyl groups is 1. The van der Waals surface area contributed by atoms with Crippen molar-refractivity contribution in [2.45, 2.75) is 47.0 Å². The van der Waals surface area contributed by atoms with Crippen LogP contribution in [0.4, 0.5) is 4.39 Å². The summed E-state index contributed by atoms with van der Waals surface area (Å²) in [6, 6.07) is 4.05. The highest BCUT2D eigenvalue weighted by Gasteiger charge is 2.26. The van der Waals surface area contributed by atoms with Crippen LogP contribution in [0.2, 0.25) is 0 Å². The monoisotopic (exact) mass is 358 g/mol. The van der Waals surface area contributed by atoms with Gasteiger partial charge in [-0.3, -0.25) is 0 Å². The van der Waals surface area contributed by atoms with Crippen LogP contribution < -0.4 is 0 Å². The lowest BCUT2D eigenvalue weighted by molar-refractivity contribution is 0.0600. The molecule has 0 atom stereocenters. The smallest absolute Gasteiger partial charge is 0.337 e. The van der Waals surface area contributed by atoms with Gasteiger partial charge in [0.1, 0.15) is 11.6 Å². The zero-order valence-corrected chi connectivity index (χ0v) is 16.1. The number of ether oxygens (including phenoxy) is 1. The predicted molar refractivity (Wildman–Crippen MR) is 103 cm³/mol. The maximum Gasteiger partial charge on any atom is 0.337 e. The summed E-state index contributed by atoms with van der Waals surface area (Å²) in [5.74, 6) is -1.37. The molecule has 1 aromatic rings. The summed E-state index contributed by atoms with van der Waals surface area (Å²) in [4.78, 5) is 11.5. The number of hydrogen-bond acceptors (Lipinski definition) is 3. The first-order valence-electron chi connectivity index (χ1n) is 8.83. The molecule has 0 bridgehead atoms. The minimum Gasteiger partial charge on any atom is -0.507 e. The van der Waals surface area contributed by atoms with Crippen LogP contribution in [-0.4, -0.2) is 18.2 Å². The highest BCUT2D eigenvalue weighted by molar-refractivity contribution is 5.90. The Bertz CT molecular complexity index is 798. The van der Waals surface area contributed by atoms with Crippen molar-refractivity contribution < 1.29 is 19.0 Å². The molecule has 0 amide bonds. The van der Waals surface area contributed by atoms with Gasteiger partial charge >= 0.3 is 5.97 Å². The van der Waals surface area contributed by atoms with Gasteiger partial charge in [0.2, 0.25) is 0 Å². The van der Waals surface area contributed by atoms with E-state index >= 15 is 0 Å². The number of rotatable bonds is 4. The van der Waals surface area contributed by atoms with E-state index in [4.69, 9.17) is 0 Å². The first kappa shape index (κ1) is 20.0. The highest BCUT2D eigenvalue weighted by Crippen LogP contribution is 2.41. The van der Waals surface area contributed by atoms with Crippen molar-refractivity contribution in [3.05, 3.63) is 58.2 Å². The van der Waals surface area contributed by atoms with Crippen LogP contribution in [0.3, 0.4) is 0 Å². The number of halogens is 1. The van der Waals surface area contributed by atoms with Crippen molar-refractivity contribution in [1.82, 2.24) is 0 Å². The summed E-state index contributed by atoms with van der Waals surface area (Å²) >= 11 is 0. The molecule has 0 radical (unpaired) electrons. The fraction of sp³-hybridized carbons (Fsp3) is 0.409. The Morgan fingerprint density at radius 3 is 2.62 bits per heavy atom. The van der Waals surface area contributed by atoms with Gasteiger partial charge in [-0.05, 0) is 67.9 Å². The number of hydrogen-bond donors (Lipinski definition) is 1. The number of carbonyl (C=O) groups excluding carboxylic acids is 1. The molecule has 0 aromatic heterocycles. The molecule has 4 heteroatoms. The van der Waals surface area contributed by atoms with Crippen molar-refractivity contribution in [2.24, 2.45) is 5.41 Å². The lowest BCUT2D eigenvalue weighted by Gasteiger charge is -2.33. The molecule has 0 fully saturated rings. The molecular weight excluding hydrogens is 331 g/mol. The molecule has 3 nitrogen and oxygen atoms in total. The summed E-state index contributed by atoms with van der Waals surface area (Å²) in [7, 11) is 1.26. The molecule has 0 heterocycles. The highest BCUT2D eigenvalue weighted by atomic mass is 19.1. The third kappa shape index (κ3) is 4.24. The zero-order valence-electron chi connectivity index (χ0n) is 16.1. The summed E-state index contributed by atoms with van der Waals surface area (Å²) in [6.45, 7) is 8.22. The second-order valence-corrected chi connectivity index (χ2v) is 7.49. The van der Waals surface area contributed by atoms with Gasteiger partial charge in [0, 0.05) is 0 Å². The first-order chi connectivity index (χ1) is 12.2. The minimum atomic E-state index is -0.574.